The van der Waals surface area contributed by atoms with Gasteiger partial charge in [-0.15, -0.1) is 0 Å². The number of nitrogens with two attached hydrogens (primary N) is 1. The molecule has 6 rings (SSSR count). The van der Waals surface area contributed by atoms with Crippen molar-refractivity contribution in [3.63, 3.8) is 0 Å². The molecule has 5 aromatic rings. The number of nitrogens with one attached hydrogen (secondary N) is 1. The van der Waals surface area contributed by atoms with Crippen LogP contribution in [0.4, 0.5) is 23.4 Å². The van der Waals surface area contributed by atoms with Crippen LogP contribution in [0.1, 0.15) is 45.1 Å². The van der Waals surface area contributed by atoms with Gasteiger partial charge in [0.1, 0.15) is 41.0 Å². The van der Waals surface area contributed by atoms with Crippen molar-refractivity contribution in [2.45, 2.75) is 31.4 Å². The molecule has 0 amide bonds. The lowest BCUT2D eigenvalue weighted by Gasteiger charge is -2.21. The Balaban J connectivity index is 1.10. The minimum Gasteiger partial charge on any atom is -0.493 e. The van der Waals surface area contributed by atoms with E-state index in [2.05, 4.69) is 5.32 Å². The molecule has 0 bridgehead atoms. The predicted octanol–water partition coefficient (Wildman–Crippen LogP) is 6.02. The second-order valence-electron chi connectivity index (χ2n) is 11.7. The van der Waals surface area contributed by atoms with Gasteiger partial charge in [-0.05, 0) is 47.9 Å². The van der Waals surface area contributed by atoms with Gasteiger partial charge in [-0.3, -0.25) is 14.2 Å². The Hall–Kier alpha value is -5.75. The molecule has 1 aliphatic rings. The van der Waals surface area contributed by atoms with Crippen molar-refractivity contribution in [2.75, 3.05) is 18.9 Å². The number of ether oxygens (including phenoxy) is 2. The maximum atomic E-state index is 15.3. The van der Waals surface area contributed by atoms with Crippen molar-refractivity contribution in [2.24, 2.45) is 0 Å². The van der Waals surface area contributed by atoms with Crippen molar-refractivity contribution in [1.82, 2.24) is 9.88 Å². The van der Waals surface area contributed by atoms with E-state index in [1.807, 2.05) is 54.6 Å². The molecule has 1 aromatic heterocycles. The molecule has 0 aliphatic heterocycles. The lowest BCUT2D eigenvalue weighted by Crippen LogP contribution is -2.34. The number of halogens is 4. The van der Waals surface area contributed by atoms with Gasteiger partial charge >= 0.3 is 5.97 Å². The number of rotatable bonds is 12. The van der Waals surface area contributed by atoms with E-state index in [0.29, 0.717) is 36.4 Å². The van der Waals surface area contributed by atoms with Gasteiger partial charge in [0.05, 0.1) is 17.7 Å². The van der Waals surface area contributed by atoms with Gasteiger partial charge in [0.15, 0.2) is 17.4 Å². The SMILES string of the molecule is Nc1c(C(=O)c2ccc(F)cc2F)ccc(=O)n1-c1c(F)cc(OCCCN[C@@H](C(=O)OC2Cc3ccccc3C2)c2ccccc2)cc1F. The molecule has 1 atom stereocenters. The normalized spacial score (nSPS) is 13.1. The van der Waals surface area contributed by atoms with E-state index in [0.717, 1.165) is 53.1 Å². The zero-order chi connectivity index (χ0) is 35.4. The Morgan fingerprint density at radius 1 is 0.820 bits per heavy atom. The molecule has 3 N–H and O–H groups in total. The number of ketones is 1. The Morgan fingerprint density at radius 3 is 2.12 bits per heavy atom. The summed E-state index contributed by atoms with van der Waals surface area (Å²) in [5.74, 6) is -6.79. The Morgan fingerprint density at radius 2 is 1.46 bits per heavy atom. The van der Waals surface area contributed by atoms with Crippen LogP contribution in [0.5, 0.6) is 5.75 Å². The lowest BCUT2D eigenvalue weighted by molar-refractivity contribution is -0.151. The summed E-state index contributed by atoms with van der Waals surface area (Å²) in [6.07, 6.45) is 1.36. The van der Waals surface area contributed by atoms with E-state index in [-0.39, 0.29) is 18.5 Å². The third kappa shape index (κ3) is 7.30. The molecule has 4 aromatic carbocycles. The summed E-state index contributed by atoms with van der Waals surface area (Å²) in [5, 5.41) is 3.19. The minimum atomic E-state index is -1.22. The van der Waals surface area contributed by atoms with Crippen LogP contribution in [0.15, 0.2) is 102 Å². The molecule has 0 spiro atoms. The monoisotopic (exact) mass is 685 g/mol. The molecule has 50 heavy (non-hydrogen) atoms. The van der Waals surface area contributed by atoms with Gasteiger partial charge < -0.3 is 20.5 Å². The van der Waals surface area contributed by atoms with Gasteiger partial charge in [0, 0.05) is 37.1 Å². The van der Waals surface area contributed by atoms with E-state index in [1.165, 1.54) is 0 Å². The maximum Gasteiger partial charge on any atom is 0.328 e. The summed E-state index contributed by atoms with van der Waals surface area (Å²) in [4.78, 5) is 39.0. The largest absolute Gasteiger partial charge is 0.493 e. The first-order valence-electron chi connectivity index (χ1n) is 15.8. The molecule has 8 nitrogen and oxygen atoms in total. The van der Waals surface area contributed by atoms with E-state index in [9.17, 15) is 23.2 Å². The van der Waals surface area contributed by atoms with E-state index in [1.54, 1.807) is 0 Å². The zero-order valence-electron chi connectivity index (χ0n) is 26.5. The fourth-order valence-corrected chi connectivity index (χ4v) is 5.96. The molecule has 1 heterocycles. The summed E-state index contributed by atoms with van der Waals surface area (Å²) in [5.41, 5.74) is 6.25. The van der Waals surface area contributed by atoms with Crippen LogP contribution in [-0.4, -0.2) is 35.6 Å². The number of hydrogen-bond acceptors (Lipinski definition) is 7. The Labute approximate surface area is 284 Å². The van der Waals surface area contributed by atoms with Crippen molar-refractivity contribution in [3.8, 4) is 11.4 Å². The number of hydrogen-bond donors (Lipinski definition) is 2. The van der Waals surface area contributed by atoms with Crippen molar-refractivity contribution >= 4 is 17.6 Å². The number of esters is 1. The number of carbonyl (C=O) groups excluding carboxylic acids is 2. The summed E-state index contributed by atoms with van der Waals surface area (Å²) in [6.45, 7) is 0.305. The van der Waals surface area contributed by atoms with Crippen LogP contribution in [0.25, 0.3) is 5.69 Å². The van der Waals surface area contributed by atoms with Crippen LogP contribution >= 0.6 is 0 Å². The fourth-order valence-electron chi connectivity index (χ4n) is 5.96. The van der Waals surface area contributed by atoms with Gasteiger partial charge in [-0.1, -0.05) is 54.6 Å². The average Bonchev–Trinajstić information content (AvgIpc) is 3.50. The highest BCUT2D eigenvalue weighted by Gasteiger charge is 2.29. The first-order chi connectivity index (χ1) is 24.1. The second-order valence-corrected chi connectivity index (χ2v) is 11.7. The molecule has 0 unspecified atom stereocenters. The number of anilines is 1. The molecule has 0 saturated carbocycles. The molecular formula is C38H31F4N3O5. The van der Waals surface area contributed by atoms with Crippen LogP contribution in [0, 0.1) is 23.3 Å². The topological polar surface area (TPSA) is 113 Å². The van der Waals surface area contributed by atoms with E-state index >= 15 is 8.78 Å². The second kappa shape index (κ2) is 14.8. The van der Waals surface area contributed by atoms with Crippen LogP contribution in [0.3, 0.4) is 0 Å². The van der Waals surface area contributed by atoms with Crippen molar-refractivity contribution < 1.29 is 36.6 Å². The third-order valence-corrected chi connectivity index (χ3v) is 8.37. The Bertz CT molecular complexity index is 2070. The third-order valence-electron chi connectivity index (χ3n) is 8.37. The van der Waals surface area contributed by atoms with E-state index < -0.39 is 69.3 Å². The van der Waals surface area contributed by atoms with Crippen LogP contribution < -0.4 is 21.3 Å². The smallest absolute Gasteiger partial charge is 0.328 e. The minimum absolute atomic E-state index is 0.00896. The molecule has 256 valence electrons. The number of pyridine rings is 1. The quantitative estimate of drug-likeness (QED) is 0.0716. The highest BCUT2D eigenvalue weighted by Crippen LogP contribution is 2.28. The highest BCUT2D eigenvalue weighted by molar-refractivity contribution is 6.11. The number of nitrogens with zero attached hydrogens (tertiary/aromatic N) is 1. The van der Waals surface area contributed by atoms with Gasteiger partial charge in [-0.25, -0.2) is 22.4 Å². The average molecular weight is 686 g/mol. The highest BCUT2D eigenvalue weighted by atomic mass is 19.1. The van der Waals surface area contributed by atoms with E-state index in [4.69, 9.17) is 15.2 Å². The van der Waals surface area contributed by atoms with Crippen LogP contribution in [-0.2, 0) is 22.4 Å². The molecule has 0 radical (unpaired) electrons. The van der Waals surface area contributed by atoms with Crippen LogP contribution in [0.2, 0.25) is 0 Å². The predicted molar refractivity (Wildman–Crippen MR) is 177 cm³/mol. The number of aromatic nitrogens is 1. The standard InChI is InChI=1S/C38H31F4N3O5/c39-25-11-12-28(30(40)19-25)36(47)29-13-14-33(46)45(37(29)43)35-31(41)20-26(21-32(35)42)49-16-6-15-44-34(22-7-2-1-3-8-22)38(48)50-27-17-23-9-4-5-10-24(23)18-27/h1-5,7-14,19-21,27,34,44H,6,15-18,43H2/t34-/m1/s1. The van der Waals surface area contributed by atoms with Crippen molar-refractivity contribution in [1.29, 1.82) is 0 Å². The van der Waals surface area contributed by atoms with Crippen molar-refractivity contribution in [3.05, 3.63) is 159 Å². The molecule has 1 aliphatic carbocycles. The summed E-state index contributed by atoms with van der Waals surface area (Å²) in [6, 6.07) is 22.1. The zero-order valence-corrected chi connectivity index (χ0v) is 26.5. The van der Waals surface area contributed by atoms with Gasteiger partial charge in [0.2, 0.25) is 0 Å². The first kappa shape index (κ1) is 34.1. The molecule has 0 saturated heterocycles. The summed E-state index contributed by atoms with van der Waals surface area (Å²) < 4.78 is 70.2. The molecule has 0 fully saturated rings. The summed E-state index contributed by atoms with van der Waals surface area (Å²) in [7, 11) is 0. The number of fused-ring (bicyclic) bond motifs is 1. The first-order valence-corrected chi connectivity index (χ1v) is 15.8. The summed E-state index contributed by atoms with van der Waals surface area (Å²) >= 11 is 0. The lowest BCUT2D eigenvalue weighted by atomic mass is 10.0. The van der Waals surface area contributed by atoms with Gasteiger partial charge in [0.25, 0.3) is 5.56 Å². The molecule has 12 heteroatoms. The molecular weight excluding hydrogens is 654 g/mol. The number of benzene rings is 4. The fraction of sp³-hybridized carbons (Fsp3) is 0.184. The number of nitrogen functional groups attached to an aromatic ring is 1. The number of carbonyl (C=O) groups is 2. The maximum absolute atomic E-state index is 15.3. The van der Waals surface area contributed by atoms with Gasteiger partial charge in [-0.2, -0.15) is 0 Å². The Kier molecular flexibility index (Phi) is 10.1.